The van der Waals surface area contributed by atoms with E-state index in [0.29, 0.717) is 11.6 Å². The molecule has 0 saturated carbocycles. The van der Waals surface area contributed by atoms with E-state index in [2.05, 4.69) is 29.9 Å². The van der Waals surface area contributed by atoms with E-state index >= 15 is 0 Å². The maximum atomic E-state index is 4.67. The zero-order valence-electron chi connectivity index (χ0n) is 15.1. The highest BCUT2D eigenvalue weighted by molar-refractivity contribution is 6.03. The predicted octanol–water partition coefficient (Wildman–Crippen LogP) is 4.15. The van der Waals surface area contributed by atoms with Crippen molar-refractivity contribution in [3.63, 3.8) is 0 Å². The summed E-state index contributed by atoms with van der Waals surface area (Å²) >= 11 is 0. The molecule has 0 amide bonds. The molecule has 1 aliphatic rings. The number of aliphatic imine (C=N–C) groups is 2. The van der Waals surface area contributed by atoms with Crippen LogP contribution in [0.25, 0.3) is 11.4 Å². The molecular formula is C20H18N6. The summed E-state index contributed by atoms with van der Waals surface area (Å²) in [6.07, 6.45) is 3.26. The van der Waals surface area contributed by atoms with Gasteiger partial charge in [-0.2, -0.15) is 0 Å². The van der Waals surface area contributed by atoms with E-state index in [1.807, 2.05) is 52.0 Å². The smallest absolute Gasteiger partial charge is 0.198 e. The number of rotatable bonds is 0. The standard InChI is InChI=1S/C20H18N6/c1-11-7-15-9-17(23-11)18-10-16(8-12(2)24-18)14(4)26-20-19(25-13(15)3)21-5-6-22-20/h5-10H,1-4H3. The molecule has 4 rings (SSSR count). The lowest BCUT2D eigenvalue weighted by Crippen LogP contribution is -2.03. The molecule has 4 bridgehead atoms. The Kier molecular flexibility index (Phi) is 3.88. The third-order valence-corrected chi connectivity index (χ3v) is 4.21. The van der Waals surface area contributed by atoms with Crippen LogP contribution >= 0.6 is 0 Å². The van der Waals surface area contributed by atoms with Crippen LogP contribution in [0.5, 0.6) is 0 Å². The van der Waals surface area contributed by atoms with Crippen LogP contribution in [0.2, 0.25) is 0 Å². The Labute approximate surface area is 151 Å². The fourth-order valence-electron chi connectivity index (χ4n) is 2.95. The van der Waals surface area contributed by atoms with Gasteiger partial charge in [-0.05, 0) is 63.1 Å². The average molecular weight is 342 g/mol. The lowest BCUT2D eigenvalue weighted by molar-refractivity contribution is 1.13. The van der Waals surface area contributed by atoms with E-state index in [0.717, 1.165) is 45.3 Å². The first-order valence-electron chi connectivity index (χ1n) is 8.40. The third-order valence-electron chi connectivity index (χ3n) is 4.21. The second-order valence-electron chi connectivity index (χ2n) is 6.36. The summed E-state index contributed by atoms with van der Waals surface area (Å²) in [6.45, 7) is 7.86. The maximum Gasteiger partial charge on any atom is 0.198 e. The molecule has 128 valence electrons. The van der Waals surface area contributed by atoms with Gasteiger partial charge in [0, 0.05) is 35.2 Å². The minimum Gasteiger partial charge on any atom is -0.251 e. The van der Waals surface area contributed by atoms with Gasteiger partial charge in [0.05, 0.1) is 11.4 Å². The molecule has 0 aromatic carbocycles. The first-order chi connectivity index (χ1) is 12.5. The molecule has 0 fully saturated rings. The normalized spacial score (nSPS) is 13.1. The first kappa shape index (κ1) is 16.2. The molecule has 0 aliphatic carbocycles. The topological polar surface area (TPSA) is 76.3 Å². The second-order valence-corrected chi connectivity index (χ2v) is 6.36. The molecule has 0 atom stereocenters. The number of fused-ring (bicyclic) bond motifs is 6. The molecule has 3 aromatic rings. The highest BCUT2D eigenvalue weighted by Gasteiger charge is 2.13. The number of pyridine rings is 2. The van der Waals surface area contributed by atoms with Crippen LogP contribution in [-0.2, 0) is 0 Å². The highest BCUT2D eigenvalue weighted by Crippen LogP contribution is 2.27. The van der Waals surface area contributed by atoms with Gasteiger partial charge in [-0.25, -0.2) is 20.0 Å². The fraction of sp³-hybridized carbons (Fsp3) is 0.200. The van der Waals surface area contributed by atoms with Gasteiger partial charge in [0.25, 0.3) is 0 Å². The zero-order valence-corrected chi connectivity index (χ0v) is 15.1. The Hall–Kier alpha value is -3.28. The minimum atomic E-state index is 0.506. The molecule has 4 heterocycles. The zero-order chi connectivity index (χ0) is 18.3. The van der Waals surface area contributed by atoms with Gasteiger partial charge < -0.3 is 0 Å². The number of nitrogens with zero attached hydrogens (tertiary/aromatic N) is 6. The number of aryl methyl sites for hydroxylation is 2. The van der Waals surface area contributed by atoms with Crippen molar-refractivity contribution in [3.8, 4) is 11.4 Å². The molecule has 3 aromatic heterocycles. The second kappa shape index (κ2) is 6.22. The third kappa shape index (κ3) is 3.01. The van der Waals surface area contributed by atoms with Crippen molar-refractivity contribution in [2.24, 2.45) is 9.98 Å². The summed E-state index contributed by atoms with van der Waals surface area (Å²) < 4.78 is 0. The molecule has 1 aliphatic heterocycles. The van der Waals surface area contributed by atoms with E-state index in [9.17, 15) is 0 Å². The van der Waals surface area contributed by atoms with Crippen molar-refractivity contribution in [3.05, 3.63) is 59.2 Å². The van der Waals surface area contributed by atoms with Gasteiger partial charge in [-0.3, -0.25) is 9.97 Å². The number of aromatic nitrogens is 4. The van der Waals surface area contributed by atoms with Crippen LogP contribution < -0.4 is 0 Å². The molecule has 26 heavy (non-hydrogen) atoms. The lowest BCUT2D eigenvalue weighted by Gasteiger charge is -2.11. The Morgan fingerprint density at radius 1 is 0.577 bits per heavy atom. The summed E-state index contributed by atoms with van der Waals surface area (Å²) in [5, 5.41) is 0. The van der Waals surface area contributed by atoms with E-state index in [1.54, 1.807) is 12.4 Å². The lowest BCUT2D eigenvalue weighted by atomic mass is 10.1. The van der Waals surface area contributed by atoms with Crippen LogP contribution in [0.4, 0.5) is 11.6 Å². The van der Waals surface area contributed by atoms with E-state index in [-0.39, 0.29) is 0 Å². The van der Waals surface area contributed by atoms with Gasteiger partial charge in [0.15, 0.2) is 11.6 Å². The Morgan fingerprint density at radius 2 is 1.00 bits per heavy atom. The summed E-state index contributed by atoms with van der Waals surface area (Å²) in [4.78, 5) is 27.4. The maximum absolute atomic E-state index is 4.67. The largest absolute Gasteiger partial charge is 0.251 e. The Bertz CT molecular complexity index is 995. The molecule has 6 heteroatoms. The van der Waals surface area contributed by atoms with E-state index in [1.165, 1.54) is 0 Å². The molecule has 0 unspecified atom stereocenters. The average Bonchev–Trinajstić information content (AvgIpc) is 2.61. The van der Waals surface area contributed by atoms with Crippen LogP contribution in [0, 0.1) is 13.8 Å². The van der Waals surface area contributed by atoms with Gasteiger partial charge in [0.2, 0.25) is 0 Å². The van der Waals surface area contributed by atoms with Gasteiger partial charge in [-0.15, -0.1) is 0 Å². The quantitative estimate of drug-likeness (QED) is 0.615. The SMILES string of the molecule is CC1=Nc2nccnc2N=C(C)c2cc(C)nc(c2)-c2cc1cc(C)n2. The van der Waals surface area contributed by atoms with Crippen molar-refractivity contribution < 1.29 is 0 Å². The van der Waals surface area contributed by atoms with Crippen LogP contribution in [0.3, 0.4) is 0 Å². The molecule has 0 saturated heterocycles. The molecular weight excluding hydrogens is 324 g/mol. The van der Waals surface area contributed by atoms with Crippen LogP contribution in [-0.4, -0.2) is 31.4 Å². The van der Waals surface area contributed by atoms with Crippen LogP contribution in [0.1, 0.15) is 36.4 Å². The van der Waals surface area contributed by atoms with Crippen molar-refractivity contribution in [1.29, 1.82) is 0 Å². The first-order valence-corrected chi connectivity index (χ1v) is 8.40. The fourth-order valence-corrected chi connectivity index (χ4v) is 2.95. The molecule has 0 spiro atoms. The summed E-state index contributed by atoms with van der Waals surface area (Å²) in [6, 6.07) is 8.05. The van der Waals surface area contributed by atoms with Crippen LogP contribution in [0.15, 0.2) is 46.6 Å². The minimum absolute atomic E-state index is 0.506. The molecule has 0 radical (unpaired) electrons. The highest BCUT2D eigenvalue weighted by atomic mass is 15.0. The van der Waals surface area contributed by atoms with Crippen molar-refractivity contribution >= 4 is 23.1 Å². The molecule has 6 nitrogen and oxygen atoms in total. The Balaban J connectivity index is 2.09. The number of hydrogen-bond donors (Lipinski definition) is 0. The number of hydrogen-bond acceptors (Lipinski definition) is 6. The predicted molar refractivity (Wildman–Crippen MR) is 103 cm³/mol. The summed E-state index contributed by atoms with van der Waals surface area (Å²) in [7, 11) is 0. The molecule has 0 N–H and O–H groups in total. The Morgan fingerprint density at radius 3 is 1.42 bits per heavy atom. The van der Waals surface area contributed by atoms with Crippen molar-refractivity contribution in [2.75, 3.05) is 0 Å². The van der Waals surface area contributed by atoms with E-state index < -0.39 is 0 Å². The van der Waals surface area contributed by atoms with Crippen molar-refractivity contribution in [2.45, 2.75) is 27.7 Å². The van der Waals surface area contributed by atoms with Gasteiger partial charge in [0.1, 0.15) is 0 Å². The summed E-state index contributed by atoms with van der Waals surface area (Å²) in [5.41, 5.74) is 7.11. The summed E-state index contributed by atoms with van der Waals surface area (Å²) in [5.74, 6) is 1.01. The van der Waals surface area contributed by atoms with Gasteiger partial charge >= 0.3 is 0 Å². The van der Waals surface area contributed by atoms with E-state index in [4.69, 9.17) is 0 Å². The monoisotopic (exact) mass is 342 g/mol. The van der Waals surface area contributed by atoms with Gasteiger partial charge in [-0.1, -0.05) is 0 Å². The van der Waals surface area contributed by atoms with Crippen molar-refractivity contribution in [1.82, 2.24) is 19.9 Å².